The van der Waals surface area contributed by atoms with E-state index in [-0.39, 0.29) is 0 Å². The summed E-state index contributed by atoms with van der Waals surface area (Å²) in [5, 5.41) is 16.4. The van der Waals surface area contributed by atoms with Crippen LogP contribution in [0.25, 0.3) is 0 Å². The van der Waals surface area contributed by atoms with Gasteiger partial charge in [-0.3, -0.25) is 0 Å². The van der Waals surface area contributed by atoms with Gasteiger partial charge >= 0.3 is 0 Å². The van der Waals surface area contributed by atoms with E-state index in [1.807, 2.05) is 4.68 Å². The van der Waals surface area contributed by atoms with Crippen molar-refractivity contribution in [2.75, 3.05) is 6.54 Å². The van der Waals surface area contributed by atoms with Gasteiger partial charge < -0.3 is 5.32 Å². The van der Waals surface area contributed by atoms with E-state index in [9.17, 15) is 0 Å². The van der Waals surface area contributed by atoms with Gasteiger partial charge in [-0.25, -0.2) is 4.68 Å². The van der Waals surface area contributed by atoms with Gasteiger partial charge in [0.25, 0.3) is 0 Å². The Morgan fingerprint density at radius 2 is 2.24 bits per heavy atom. The van der Waals surface area contributed by atoms with Crippen LogP contribution in [0.15, 0.2) is 28.3 Å². The van der Waals surface area contributed by atoms with Gasteiger partial charge in [0.05, 0.1) is 6.04 Å². The molecule has 1 aromatic heterocycles. The Morgan fingerprint density at radius 3 is 2.95 bits per heavy atom. The maximum Gasteiger partial charge on any atom is 0.214 e. The summed E-state index contributed by atoms with van der Waals surface area (Å²) in [5.74, 6) is 0. The van der Waals surface area contributed by atoms with Gasteiger partial charge in [-0.1, -0.05) is 13.0 Å². The van der Waals surface area contributed by atoms with Crippen LogP contribution in [-0.4, -0.2) is 26.8 Å². The minimum absolute atomic E-state index is 0.515. The molecule has 3 rings (SSSR count). The van der Waals surface area contributed by atoms with E-state index in [2.05, 4.69) is 52.9 Å². The zero-order valence-corrected chi connectivity index (χ0v) is 13.4. The van der Waals surface area contributed by atoms with Crippen molar-refractivity contribution in [1.82, 2.24) is 25.5 Å². The molecule has 1 aliphatic rings. The fraction of sp³-hybridized carbons (Fsp3) is 0.533. The van der Waals surface area contributed by atoms with Crippen molar-refractivity contribution in [3.63, 3.8) is 0 Å². The number of benzene rings is 1. The molecule has 5 nitrogen and oxygen atoms in total. The molecule has 112 valence electrons. The largest absolute Gasteiger partial charge is 0.313 e. The molecule has 0 radical (unpaired) electrons. The molecule has 0 bridgehead atoms. The number of tetrazole rings is 1. The van der Waals surface area contributed by atoms with E-state index >= 15 is 0 Å². The standard InChI is InChI=1S/C15H21N5S/c1-3-8-16-10-12-4-7-14(9-11(12)2)21-15-17-18-19-20(15)13-5-6-13/h4,7,9,13,16H,3,5-6,8,10H2,1-2H3. The van der Waals surface area contributed by atoms with Gasteiger partial charge in [0, 0.05) is 11.4 Å². The SMILES string of the molecule is CCCNCc1ccc(Sc2nnnn2C2CC2)cc1C. The van der Waals surface area contributed by atoms with Crippen molar-refractivity contribution >= 4 is 11.8 Å². The lowest BCUT2D eigenvalue weighted by Gasteiger charge is -2.09. The zero-order chi connectivity index (χ0) is 14.7. The lowest BCUT2D eigenvalue weighted by Crippen LogP contribution is -2.14. The molecule has 0 unspecified atom stereocenters. The average molecular weight is 303 g/mol. The molecule has 21 heavy (non-hydrogen) atoms. The van der Waals surface area contributed by atoms with Crippen molar-refractivity contribution in [3.8, 4) is 0 Å². The number of nitrogens with zero attached hydrogens (tertiary/aromatic N) is 4. The second kappa shape index (κ2) is 6.58. The smallest absolute Gasteiger partial charge is 0.214 e. The second-order valence-electron chi connectivity index (χ2n) is 5.50. The number of aryl methyl sites for hydroxylation is 1. The minimum atomic E-state index is 0.515. The van der Waals surface area contributed by atoms with E-state index in [0.29, 0.717) is 6.04 Å². The van der Waals surface area contributed by atoms with E-state index in [1.165, 1.54) is 28.9 Å². The molecule has 1 heterocycles. The first-order valence-electron chi connectivity index (χ1n) is 7.54. The highest BCUT2D eigenvalue weighted by atomic mass is 32.2. The number of nitrogens with one attached hydrogen (secondary N) is 1. The molecule has 0 aliphatic heterocycles. The van der Waals surface area contributed by atoms with Crippen molar-refractivity contribution in [2.24, 2.45) is 0 Å². The third-order valence-corrected chi connectivity index (χ3v) is 4.56. The molecule has 6 heteroatoms. The highest BCUT2D eigenvalue weighted by Crippen LogP contribution is 2.38. The van der Waals surface area contributed by atoms with Gasteiger partial charge in [-0.2, -0.15) is 0 Å². The maximum atomic E-state index is 4.14. The first kappa shape index (κ1) is 14.5. The van der Waals surface area contributed by atoms with Gasteiger partial charge in [-0.05, 0) is 78.2 Å². The summed E-state index contributed by atoms with van der Waals surface area (Å²) < 4.78 is 1.96. The lowest BCUT2D eigenvalue weighted by molar-refractivity contribution is 0.565. The Labute approximate surface area is 129 Å². The van der Waals surface area contributed by atoms with Crippen LogP contribution in [-0.2, 0) is 6.54 Å². The van der Waals surface area contributed by atoms with Crippen LogP contribution in [0.1, 0.15) is 43.4 Å². The topological polar surface area (TPSA) is 55.6 Å². The minimum Gasteiger partial charge on any atom is -0.313 e. The van der Waals surface area contributed by atoms with Crippen LogP contribution in [0.4, 0.5) is 0 Å². The second-order valence-corrected chi connectivity index (χ2v) is 6.55. The Bertz CT molecular complexity index is 606. The highest BCUT2D eigenvalue weighted by molar-refractivity contribution is 7.99. The Morgan fingerprint density at radius 1 is 1.38 bits per heavy atom. The van der Waals surface area contributed by atoms with Crippen molar-refractivity contribution in [1.29, 1.82) is 0 Å². The Kier molecular flexibility index (Phi) is 4.55. The first-order valence-corrected chi connectivity index (χ1v) is 8.35. The molecule has 2 aromatic rings. The predicted octanol–water partition coefficient (Wildman–Crippen LogP) is 2.97. The average Bonchev–Trinajstić information content (AvgIpc) is 3.22. The lowest BCUT2D eigenvalue weighted by atomic mass is 10.1. The summed E-state index contributed by atoms with van der Waals surface area (Å²) in [6.45, 7) is 6.34. The van der Waals surface area contributed by atoms with Crippen LogP contribution in [0.2, 0.25) is 0 Å². The number of aromatic nitrogens is 4. The third-order valence-electron chi connectivity index (χ3n) is 3.62. The highest BCUT2D eigenvalue weighted by Gasteiger charge is 2.28. The van der Waals surface area contributed by atoms with Gasteiger partial charge in [0.15, 0.2) is 0 Å². The van der Waals surface area contributed by atoms with Crippen LogP contribution < -0.4 is 5.32 Å². The number of hydrogen-bond donors (Lipinski definition) is 1. The molecule has 0 atom stereocenters. The first-order chi connectivity index (χ1) is 10.3. The van der Waals surface area contributed by atoms with Crippen molar-refractivity contribution in [3.05, 3.63) is 29.3 Å². The summed E-state index contributed by atoms with van der Waals surface area (Å²) in [6, 6.07) is 7.10. The van der Waals surface area contributed by atoms with E-state index in [0.717, 1.165) is 24.7 Å². The van der Waals surface area contributed by atoms with Gasteiger partial charge in [-0.15, -0.1) is 5.10 Å². The summed E-state index contributed by atoms with van der Waals surface area (Å²) >= 11 is 1.65. The van der Waals surface area contributed by atoms with Gasteiger partial charge in [0.1, 0.15) is 0 Å². The molecule has 1 saturated carbocycles. The summed E-state index contributed by atoms with van der Waals surface area (Å²) in [6.07, 6.45) is 3.55. The number of rotatable bonds is 7. The fourth-order valence-electron chi connectivity index (χ4n) is 2.24. The molecular formula is C15H21N5S. The van der Waals surface area contributed by atoms with Crippen LogP contribution in [0.5, 0.6) is 0 Å². The fourth-order valence-corrected chi connectivity index (χ4v) is 3.18. The van der Waals surface area contributed by atoms with Crippen molar-refractivity contribution in [2.45, 2.75) is 55.7 Å². The van der Waals surface area contributed by atoms with E-state index < -0.39 is 0 Å². The van der Waals surface area contributed by atoms with Crippen LogP contribution >= 0.6 is 11.8 Å². The maximum absolute atomic E-state index is 4.14. The Hall–Kier alpha value is -1.40. The molecule has 0 amide bonds. The molecule has 0 spiro atoms. The quantitative estimate of drug-likeness (QED) is 0.797. The van der Waals surface area contributed by atoms with E-state index in [1.54, 1.807) is 11.8 Å². The summed E-state index contributed by atoms with van der Waals surface area (Å²) in [7, 11) is 0. The predicted molar refractivity (Wildman–Crippen MR) is 83.4 cm³/mol. The Balaban J connectivity index is 1.68. The molecule has 1 aromatic carbocycles. The summed E-state index contributed by atoms with van der Waals surface area (Å²) in [5.41, 5.74) is 2.67. The van der Waals surface area contributed by atoms with Crippen LogP contribution in [0.3, 0.4) is 0 Å². The zero-order valence-electron chi connectivity index (χ0n) is 12.5. The molecule has 0 saturated heterocycles. The van der Waals surface area contributed by atoms with Crippen LogP contribution in [0, 0.1) is 6.92 Å². The third kappa shape index (κ3) is 3.63. The summed E-state index contributed by atoms with van der Waals surface area (Å²) in [4.78, 5) is 1.20. The molecule has 1 fully saturated rings. The normalized spacial score (nSPS) is 14.6. The number of hydrogen-bond acceptors (Lipinski definition) is 5. The van der Waals surface area contributed by atoms with Crippen molar-refractivity contribution < 1.29 is 0 Å². The molecular weight excluding hydrogens is 282 g/mol. The van der Waals surface area contributed by atoms with Gasteiger partial charge in [0.2, 0.25) is 5.16 Å². The molecule has 1 N–H and O–H groups in total. The molecule has 1 aliphatic carbocycles. The monoisotopic (exact) mass is 303 g/mol. The van der Waals surface area contributed by atoms with E-state index in [4.69, 9.17) is 0 Å².